The fourth-order valence-corrected chi connectivity index (χ4v) is 3.17. The molecule has 104 valence electrons. The van der Waals surface area contributed by atoms with Crippen LogP contribution in [0, 0.1) is 0 Å². The van der Waals surface area contributed by atoms with Crippen molar-refractivity contribution >= 4 is 28.5 Å². The molecule has 0 saturated heterocycles. The standard InChI is InChI=1S/C15H14ClNO3/c1-20-12-6-3-9-11(17-12)5-4-10(13(9)16)15(14(18)19)7-2-8-15/h3-6H,2,7-8H2,1H3,(H,18,19). The smallest absolute Gasteiger partial charge is 0.314 e. The summed E-state index contributed by atoms with van der Waals surface area (Å²) < 4.78 is 5.08. The van der Waals surface area contributed by atoms with E-state index in [0.29, 0.717) is 34.8 Å². The number of ether oxygens (including phenoxy) is 1. The molecule has 0 aliphatic heterocycles. The van der Waals surface area contributed by atoms with Gasteiger partial charge in [0.15, 0.2) is 0 Å². The van der Waals surface area contributed by atoms with Crippen LogP contribution in [0.1, 0.15) is 24.8 Å². The SMILES string of the molecule is COc1ccc2c(Cl)c(C3(C(=O)O)CCC3)ccc2n1. The van der Waals surface area contributed by atoms with Crippen LogP contribution in [0.2, 0.25) is 5.02 Å². The van der Waals surface area contributed by atoms with E-state index in [1.54, 1.807) is 19.2 Å². The lowest BCUT2D eigenvalue weighted by molar-refractivity contribution is -0.147. The molecule has 1 aliphatic rings. The van der Waals surface area contributed by atoms with E-state index in [4.69, 9.17) is 16.3 Å². The Balaban J connectivity index is 2.19. The summed E-state index contributed by atoms with van der Waals surface area (Å²) in [6.07, 6.45) is 2.19. The minimum atomic E-state index is -0.828. The number of carbonyl (C=O) groups is 1. The third-order valence-corrected chi connectivity index (χ3v) is 4.53. The molecule has 2 aromatic rings. The van der Waals surface area contributed by atoms with Crippen LogP contribution in [-0.4, -0.2) is 23.2 Å². The number of carboxylic acid groups (broad SMARTS) is 1. The van der Waals surface area contributed by atoms with Crippen molar-refractivity contribution in [3.8, 4) is 5.88 Å². The normalized spacial score (nSPS) is 16.7. The fourth-order valence-electron chi connectivity index (χ4n) is 2.76. The lowest BCUT2D eigenvalue weighted by atomic mass is 9.64. The highest BCUT2D eigenvalue weighted by molar-refractivity contribution is 6.36. The Morgan fingerprint density at radius 1 is 1.35 bits per heavy atom. The highest BCUT2D eigenvalue weighted by atomic mass is 35.5. The number of halogens is 1. The molecule has 0 atom stereocenters. The third kappa shape index (κ3) is 1.75. The first-order valence-corrected chi connectivity index (χ1v) is 6.83. The zero-order chi connectivity index (χ0) is 14.3. The van der Waals surface area contributed by atoms with Crippen LogP contribution >= 0.6 is 11.6 Å². The van der Waals surface area contributed by atoms with Crippen LogP contribution in [0.4, 0.5) is 0 Å². The average molecular weight is 292 g/mol. The zero-order valence-corrected chi connectivity index (χ0v) is 11.8. The van der Waals surface area contributed by atoms with Gasteiger partial charge in [-0.05, 0) is 30.5 Å². The maximum absolute atomic E-state index is 11.6. The molecule has 1 heterocycles. The van der Waals surface area contributed by atoms with Crippen LogP contribution in [0.15, 0.2) is 24.3 Å². The highest BCUT2D eigenvalue weighted by Crippen LogP contribution is 2.47. The Morgan fingerprint density at radius 2 is 2.10 bits per heavy atom. The second kappa shape index (κ2) is 4.63. The van der Waals surface area contributed by atoms with E-state index >= 15 is 0 Å². The van der Waals surface area contributed by atoms with Crippen LogP contribution < -0.4 is 4.74 Å². The second-order valence-electron chi connectivity index (χ2n) is 5.09. The van der Waals surface area contributed by atoms with Crippen molar-refractivity contribution in [1.82, 2.24) is 4.98 Å². The summed E-state index contributed by atoms with van der Waals surface area (Å²) in [4.78, 5) is 15.9. The Morgan fingerprint density at radius 3 is 2.65 bits per heavy atom. The van der Waals surface area contributed by atoms with Gasteiger partial charge >= 0.3 is 5.97 Å². The molecule has 1 N–H and O–H groups in total. The minimum absolute atomic E-state index is 0.486. The van der Waals surface area contributed by atoms with Gasteiger partial charge in [0, 0.05) is 11.5 Å². The van der Waals surface area contributed by atoms with Crippen molar-refractivity contribution < 1.29 is 14.6 Å². The summed E-state index contributed by atoms with van der Waals surface area (Å²) in [7, 11) is 1.55. The summed E-state index contributed by atoms with van der Waals surface area (Å²) in [6.45, 7) is 0. The average Bonchev–Trinajstić information content (AvgIpc) is 2.39. The molecule has 4 nitrogen and oxygen atoms in total. The van der Waals surface area contributed by atoms with E-state index in [1.165, 1.54) is 0 Å². The monoisotopic (exact) mass is 291 g/mol. The molecule has 0 bridgehead atoms. The van der Waals surface area contributed by atoms with E-state index in [2.05, 4.69) is 4.98 Å². The lowest BCUT2D eigenvalue weighted by Crippen LogP contribution is -2.42. The van der Waals surface area contributed by atoms with Gasteiger partial charge < -0.3 is 9.84 Å². The Bertz CT molecular complexity index is 695. The Kier molecular flexibility index (Phi) is 3.05. The number of pyridine rings is 1. The summed E-state index contributed by atoms with van der Waals surface area (Å²) >= 11 is 6.43. The molecular weight excluding hydrogens is 278 g/mol. The topological polar surface area (TPSA) is 59.4 Å². The van der Waals surface area contributed by atoms with E-state index < -0.39 is 11.4 Å². The molecule has 3 rings (SSSR count). The maximum Gasteiger partial charge on any atom is 0.314 e. The van der Waals surface area contributed by atoms with Crippen LogP contribution in [0.3, 0.4) is 0 Å². The van der Waals surface area contributed by atoms with Gasteiger partial charge in [0.05, 0.1) is 23.1 Å². The molecule has 0 amide bonds. The van der Waals surface area contributed by atoms with Crippen LogP contribution in [-0.2, 0) is 10.2 Å². The molecular formula is C15H14ClNO3. The first kappa shape index (κ1) is 13.2. The number of fused-ring (bicyclic) bond motifs is 1. The first-order valence-electron chi connectivity index (χ1n) is 6.45. The van der Waals surface area contributed by atoms with Crippen molar-refractivity contribution in [3.63, 3.8) is 0 Å². The number of hydrogen-bond donors (Lipinski definition) is 1. The third-order valence-electron chi connectivity index (χ3n) is 4.12. The predicted molar refractivity (Wildman–Crippen MR) is 76.5 cm³/mol. The first-order chi connectivity index (χ1) is 9.58. The Labute approximate surface area is 121 Å². The molecule has 20 heavy (non-hydrogen) atoms. The molecule has 1 saturated carbocycles. The molecule has 1 aromatic carbocycles. The largest absolute Gasteiger partial charge is 0.481 e. The minimum Gasteiger partial charge on any atom is -0.481 e. The van der Waals surface area contributed by atoms with E-state index in [1.807, 2.05) is 12.1 Å². The molecule has 1 aromatic heterocycles. The van der Waals surface area contributed by atoms with Crippen LogP contribution in [0.5, 0.6) is 5.88 Å². The molecule has 0 unspecified atom stereocenters. The predicted octanol–water partition coefficient (Wildman–Crippen LogP) is 3.40. The van der Waals surface area contributed by atoms with Crippen molar-refractivity contribution in [2.24, 2.45) is 0 Å². The van der Waals surface area contributed by atoms with Gasteiger partial charge in [-0.15, -0.1) is 0 Å². The number of aromatic nitrogens is 1. The molecule has 0 spiro atoms. The summed E-state index contributed by atoms with van der Waals surface area (Å²) in [5, 5.41) is 10.8. The highest BCUT2D eigenvalue weighted by Gasteiger charge is 2.47. The zero-order valence-electron chi connectivity index (χ0n) is 11.0. The molecule has 5 heteroatoms. The lowest BCUT2D eigenvalue weighted by Gasteiger charge is -2.38. The van der Waals surface area contributed by atoms with Crippen molar-refractivity contribution in [2.45, 2.75) is 24.7 Å². The number of nitrogens with zero attached hydrogens (tertiary/aromatic N) is 1. The number of benzene rings is 1. The van der Waals surface area contributed by atoms with Gasteiger partial charge in [0.25, 0.3) is 0 Å². The van der Waals surface area contributed by atoms with Gasteiger partial charge in [0.2, 0.25) is 5.88 Å². The van der Waals surface area contributed by atoms with Gasteiger partial charge in [-0.3, -0.25) is 4.79 Å². The fraction of sp³-hybridized carbons (Fsp3) is 0.333. The number of carboxylic acids is 1. The molecule has 1 aliphatic carbocycles. The number of rotatable bonds is 3. The maximum atomic E-state index is 11.6. The molecule has 1 fully saturated rings. The Hall–Kier alpha value is -1.81. The van der Waals surface area contributed by atoms with E-state index in [0.717, 1.165) is 11.8 Å². The quantitative estimate of drug-likeness (QED) is 0.941. The van der Waals surface area contributed by atoms with E-state index in [9.17, 15) is 9.90 Å². The van der Waals surface area contributed by atoms with Crippen molar-refractivity contribution in [2.75, 3.05) is 7.11 Å². The van der Waals surface area contributed by atoms with Crippen molar-refractivity contribution in [1.29, 1.82) is 0 Å². The van der Waals surface area contributed by atoms with Crippen LogP contribution in [0.25, 0.3) is 10.9 Å². The summed E-state index contributed by atoms with van der Waals surface area (Å²) in [5.41, 5.74) is 0.570. The number of methoxy groups -OCH3 is 1. The van der Waals surface area contributed by atoms with Gasteiger partial charge in [-0.2, -0.15) is 0 Å². The summed E-state index contributed by atoms with van der Waals surface area (Å²) in [5.74, 6) is -0.288. The van der Waals surface area contributed by atoms with Gasteiger partial charge in [-0.25, -0.2) is 4.98 Å². The number of aliphatic carboxylic acids is 1. The van der Waals surface area contributed by atoms with Crippen molar-refractivity contribution in [3.05, 3.63) is 34.9 Å². The second-order valence-corrected chi connectivity index (χ2v) is 5.47. The van der Waals surface area contributed by atoms with Gasteiger partial charge in [0.1, 0.15) is 0 Å². The summed E-state index contributed by atoms with van der Waals surface area (Å²) in [6, 6.07) is 7.14. The van der Waals surface area contributed by atoms with Gasteiger partial charge in [-0.1, -0.05) is 24.1 Å². The van der Waals surface area contributed by atoms with E-state index in [-0.39, 0.29) is 0 Å². The molecule has 0 radical (unpaired) electrons. The number of hydrogen-bond acceptors (Lipinski definition) is 3.